The molecule has 2 N–H and O–H groups in total. The zero-order chi connectivity index (χ0) is 17.0. The Hall–Kier alpha value is -1.61. The Labute approximate surface area is 126 Å². The number of alkyl halides is 3. The normalized spacial score (nSPS) is 14.9. The highest BCUT2D eigenvalue weighted by Gasteiger charge is 2.58. The summed E-state index contributed by atoms with van der Waals surface area (Å²) >= 11 is 0. The predicted molar refractivity (Wildman–Crippen MR) is 74.0 cm³/mol. The first-order chi connectivity index (χ1) is 10.1. The summed E-state index contributed by atoms with van der Waals surface area (Å²) in [6.45, 7) is 3.40. The quantitative estimate of drug-likeness (QED) is 0.772. The van der Waals surface area contributed by atoms with Crippen molar-refractivity contribution in [1.29, 1.82) is 0 Å². The molecule has 0 spiro atoms. The smallest absolute Gasteiger partial charge is 0.374 e. The lowest BCUT2D eigenvalue weighted by atomic mass is 9.97. The van der Waals surface area contributed by atoms with Gasteiger partial charge in [-0.25, -0.2) is 4.98 Å². The summed E-state index contributed by atoms with van der Waals surface area (Å²) in [6, 6.07) is 0. The lowest BCUT2D eigenvalue weighted by Crippen LogP contribution is -2.48. The van der Waals surface area contributed by atoms with E-state index in [0.717, 1.165) is 17.3 Å². The van der Waals surface area contributed by atoms with Crippen molar-refractivity contribution in [3.05, 3.63) is 18.2 Å². The third kappa shape index (κ3) is 4.20. The Morgan fingerprint density at radius 3 is 2.59 bits per heavy atom. The molecule has 1 unspecified atom stereocenters. The van der Waals surface area contributed by atoms with Gasteiger partial charge in [-0.2, -0.15) is 13.2 Å². The number of halogens is 3. The molecule has 22 heavy (non-hydrogen) atoms. The van der Waals surface area contributed by atoms with E-state index in [-0.39, 0.29) is 6.54 Å². The second kappa shape index (κ2) is 7.10. The Morgan fingerprint density at radius 2 is 2.14 bits per heavy atom. The number of carbonyl (C=O) groups excluding carboxylic acids is 1. The SMILES string of the molecule is CCN(C)CCNC(=O)CC(O)(c1nccn1C)C(F)(F)F. The third-order valence-corrected chi connectivity index (χ3v) is 3.43. The maximum absolute atomic E-state index is 13.2. The number of nitrogens with zero attached hydrogens (tertiary/aromatic N) is 3. The lowest BCUT2D eigenvalue weighted by Gasteiger charge is -2.29. The summed E-state index contributed by atoms with van der Waals surface area (Å²) in [5, 5.41) is 12.4. The first-order valence-electron chi connectivity index (χ1n) is 6.84. The second-order valence-electron chi connectivity index (χ2n) is 5.14. The van der Waals surface area contributed by atoms with Gasteiger partial charge in [0.15, 0.2) is 5.82 Å². The van der Waals surface area contributed by atoms with Gasteiger partial charge in [-0.3, -0.25) is 4.79 Å². The molecule has 1 aromatic heterocycles. The molecule has 0 aliphatic carbocycles. The number of nitrogens with one attached hydrogen (secondary N) is 1. The number of rotatable bonds is 7. The Kier molecular flexibility index (Phi) is 5.95. The molecule has 9 heteroatoms. The molecule has 0 aliphatic heterocycles. The van der Waals surface area contributed by atoms with E-state index in [1.807, 2.05) is 18.9 Å². The highest BCUT2D eigenvalue weighted by molar-refractivity contribution is 5.77. The molecular weight excluding hydrogens is 301 g/mol. The predicted octanol–water partition coefficient (Wildman–Crippen LogP) is 0.628. The zero-order valence-corrected chi connectivity index (χ0v) is 12.8. The molecular formula is C13H21F3N4O2. The molecule has 0 aromatic carbocycles. The Bertz CT molecular complexity index is 504. The van der Waals surface area contributed by atoms with E-state index in [2.05, 4.69) is 10.3 Å². The van der Waals surface area contributed by atoms with Crippen molar-refractivity contribution in [2.24, 2.45) is 7.05 Å². The van der Waals surface area contributed by atoms with Crippen molar-refractivity contribution in [2.75, 3.05) is 26.7 Å². The summed E-state index contributed by atoms with van der Waals surface area (Å²) in [5.41, 5.74) is -3.31. The number of carbonyl (C=O) groups is 1. The van der Waals surface area contributed by atoms with E-state index in [1.165, 1.54) is 13.2 Å². The minimum atomic E-state index is -5.01. The standard InChI is InChI=1S/C13H21F3N4O2/c1-4-19(2)7-5-17-10(21)9-12(22,13(14,15)16)11-18-6-8-20(11)3/h6,8,22H,4-5,7,9H2,1-3H3,(H,17,21). The van der Waals surface area contributed by atoms with Crippen LogP contribution in [0.5, 0.6) is 0 Å². The maximum Gasteiger partial charge on any atom is 0.425 e. The van der Waals surface area contributed by atoms with Crippen LogP contribution < -0.4 is 5.32 Å². The maximum atomic E-state index is 13.2. The van der Waals surface area contributed by atoms with Crippen LogP contribution in [0.15, 0.2) is 12.4 Å². The number of aryl methyl sites for hydroxylation is 1. The fraction of sp³-hybridized carbons (Fsp3) is 0.692. The number of likely N-dealkylation sites (N-methyl/N-ethyl adjacent to an activating group) is 1. The number of amides is 1. The molecule has 1 amide bonds. The monoisotopic (exact) mass is 322 g/mol. The molecule has 1 heterocycles. The van der Waals surface area contributed by atoms with Gasteiger partial charge in [-0.05, 0) is 13.6 Å². The van der Waals surface area contributed by atoms with Gasteiger partial charge >= 0.3 is 6.18 Å². The summed E-state index contributed by atoms with van der Waals surface area (Å²) in [6.07, 6.45) is -3.72. The van der Waals surface area contributed by atoms with Gasteiger partial charge in [0.2, 0.25) is 11.5 Å². The van der Waals surface area contributed by atoms with Crippen LogP contribution in [0.4, 0.5) is 13.2 Å². The van der Waals surface area contributed by atoms with Gasteiger partial charge in [0.1, 0.15) is 0 Å². The summed E-state index contributed by atoms with van der Waals surface area (Å²) in [5.74, 6) is -1.49. The lowest BCUT2D eigenvalue weighted by molar-refractivity contribution is -0.271. The number of hydrogen-bond acceptors (Lipinski definition) is 4. The van der Waals surface area contributed by atoms with E-state index >= 15 is 0 Å². The second-order valence-corrected chi connectivity index (χ2v) is 5.14. The average molecular weight is 322 g/mol. The van der Waals surface area contributed by atoms with Crippen LogP contribution in [-0.2, 0) is 17.4 Å². The fourth-order valence-electron chi connectivity index (χ4n) is 1.91. The fourth-order valence-corrected chi connectivity index (χ4v) is 1.91. The summed E-state index contributed by atoms with van der Waals surface area (Å²) in [7, 11) is 3.15. The van der Waals surface area contributed by atoms with Crippen molar-refractivity contribution >= 4 is 5.91 Å². The molecule has 1 rings (SSSR count). The topological polar surface area (TPSA) is 70.4 Å². The van der Waals surface area contributed by atoms with Crippen LogP contribution in [0.25, 0.3) is 0 Å². The van der Waals surface area contributed by atoms with Crippen molar-refractivity contribution in [3.8, 4) is 0 Å². The van der Waals surface area contributed by atoms with Crippen LogP contribution in [0.3, 0.4) is 0 Å². The number of imidazole rings is 1. The van der Waals surface area contributed by atoms with Crippen LogP contribution in [-0.4, -0.2) is 58.3 Å². The van der Waals surface area contributed by atoms with E-state index < -0.39 is 29.9 Å². The first kappa shape index (κ1) is 18.4. The molecule has 0 fully saturated rings. The molecule has 0 bridgehead atoms. The van der Waals surface area contributed by atoms with E-state index in [1.54, 1.807) is 0 Å². The number of aliphatic hydroxyl groups is 1. The van der Waals surface area contributed by atoms with Crippen molar-refractivity contribution in [1.82, 2.24) is 19.8 Å². The van der Waals surface area contributed by atoms with Gasteiger partial charge in [0.25, 0.3) is 0 Å². The van der Waals surface area contributed by atoms with Gasteiger partial charge in [-0.1, -0.05) is 6.92 Å². The van der Waals surface area contributed by atoms with Crippen LogP contribution in [0.1, 0.15) is 19.2 Å². The zero-order valence-electron chi connectivity index (χ0n) is 12.8. The highest BCUT2D eigenvalue weighted by Crippen LogP contribution is 2.40. The minimum absolute atomic E-state index is 0.206. The van der Waals surface area contributed by atoms with Crippen molar-refractivity contribution in [3.63, 3.8) is 0 Å². The Balaban J connectivity index is 2.79. The first-order valence-corrected chi connectivity index (χ1v) is 6.84. The van der Waals surface area contributed by atoms with Crippen LogP contribution in [0.2, 0.25) is 0 Å². The van der Waals surface area contributed by atoms with Gasteiger partial charge < -0.3 is 19.9 Å². The largest absolute Gasteiger partial charge is 0.425 e. The van der Waals surface area contributed by atoms with Crippen molar-refractivity contribution < 1.29 is 23.1 Å². The number of hydrogen-bond donors (Lipinski definition) is 2. The van der Waals surface area contributed by atoms with Crippen molar-refractivity contribution in [2.45, 2.75) is 25.1 Å². The van der Waals surface area contributed by atoms with Crippen LogP contribution in [0, 0.1) is 0 Å². The minimum Gasteiger partial charge on any atom is -0.374 e. The van der Waals surface area contributed by atoms with Gasteiger partial charge in [-0.15, -0.1) is 0 Å². The molecule has 1 aromatic rings. The van der Waals surface area contributed by atoms with E-state index in [4.69, 9.17) is 0 Å². The molecule has 0 saturated carbocycles. The summed E-state index contributed by atoms with van der Waals surface area (Å²) in [4.78, 5) is 17.2. The molecule has 0 saturated heterocycles. The Morgan fingerprint density at radius 1 is 1.50 bits per heavy atom. The van der Waals surface area contributed by atoms with E-state index in [9.17, 15) is 23.1 Å². The number of aromatic nitrogens is 2. The molecule has 0 radical (unpaired) electrons. The van der Waals surface area contributed by atoms with Gasteiger partial charge in [0, 0.05) is 32.5 Å². The summed E-state index contributed by atoms with van der Waals surface area (Å²) < 4.78 is 40.7. The molecule has 1 atom stereocenters. The third-order valence-electron chi connectivity index (χ3n) is 3.43. The van der Waals surface area contributed by atoms with E-state index in [0.29, 0.717) is 6.54 Å². The molecule has 6 nitrogen and oxygen atoms in total. The van der Waals surface area contributed by atoms with Gasteiger partial charge in [0.05, 0.1) is 6.42 Å². The molecule has 126 valence electrons. The van der Waals surface area contributed by atoms with Crippen LogP contribution >= 0.6 is 0 Å². The molecule has 0 aliphatic rings. The average Bonchev–Trinajstić information content (AvgIpc) is 2.83. The highest BCUT2D eigenvalue weighted by atomic mass is 19.4.